The fraction of sp³-hybridized carbons (Fsp3) is 0.118. The van der Waals surface area contributed by atoms with Gasteiger partial charge >= 0.3 is 6.01 Å². The van der Waals surface area contributed by atoms with E-state index in [0.29, 0.717) is 26.3 Å². The van der Waals surface area contributed by atoms with E-state index in [2.05, 4.69) is 47.0 Å². The minimum absolute atomic E-state index is 0.131. The van der Waals surface area contributed by atoms with E-state index in [9.17, 15) is 5.11 Å². The monoisotopic (exact) mass is 483 g/mol. The first-order chi connectivity index (χ1) is 12.0. The maximum absolute atomic E-state index is 9.76. The Morgan fingerprint density at radius 3 is 2.32 bits per heavy atom. The molecule has 0 saturated heterocycles. The van der Waals surface area contributed by atoms with Gasteiger partial charge in [0.2, 0.25) is 0 Å². The average molecular weight is 486 g/mol. The van der Waals surface area contributed by atoms with Crippen molar-refractivity contribution in [1.29, 1.82) is 0 Å². The van der Waals surface area contributed by atoms with Gasteiger partial charge in [0.25, 0.3) is 0 Å². The van der Waals surface area contributed by atoms with Gasteiger partial charge < -0.3 is 9.84 Å². The Morgan fingerprint density at radius 1 is 1.04 bits per heavy atom. The van der Waals surface area contributed by atoms with Crippen molar-refractivity contribution in [1.82, 2.24) is 15.2 Å². The molecule has 0 saturated carbocycles. The summed E-state index contributed by atoms with van der Waals surface area (Å²) in [6.45, 7) is 0.443. The summed E-state index contributed by atoms with van der Waals surface area (Å²) in [5.41, 5.74) is 2.46. The summed E-state index contributed by atoms with van der Waals surface area (Å²) in [6.07, 6.45) is 2.30. The normalized spacial score (nSPS) is 10.7. The van der Waals surface area contributed by atoms with Crippen LogP contribution in [0.2, 0.25) is 5.02 Å². The van der Waals surface area contributed by atoms with Crippen LogP contribution in [0, 0.1) is 0 Å². The van der Waals surface area contributed by atoms with Crippen LogP contribution in [0.4, 0.5) is 0 Å². The van der Waals surface area contributed by atoms with E-state index >= 15 is 0 Å². The predicted molar refractivity (Wildman–Crippen MR) is 103 cm³/mol. The molecule has 0 amide bonds. The summed E-state index contributed by atoms with van der Waals surface area (Å²) in [5.74, 6) is 0.131. The van der Waals surface area contributed by atoms with Crippen LogP contribution in [-0.4, -0.2) is 26.9 Å². The van der Waals surface area contributed by atoms with Gasteiger partial charge in [-0.25, -0.2) is 4.98 Å². The second-order valence-electron chi connectivity index (χ2n) is 5.14. The topological polar surface area (TPSA) is 68.1 Å². The molecule has 2 aromatic carbocycles. The van der Waals surface area contributed by atoms with Crippen LogP contribution < -0.4 is 4.74 Å². The maximum Gasteiger partial charge on any atom is 0.335 e. The zero-order valence-electron chi connectivity index (χ0n) is 12.8. The fourth-order valence-electron chi connectivity index (χ4n) is 2.09. The SMILES string of the molecule is Oc1c(Br)cc(-c2cnc(OCCc3ccc(Cl)cc3)nn2)cc1Br. The quantitative estimate of drug-likeness (QED) is 0.548. The molecular weight excluding hydrogens is 473 g/mol. The van der Waals surface area contributed by atoms with Gasteiger partial charge in [0.1, 0.15) is 11.4 Å². The Labute approximate surface area is 166 Å². The fourth-order valence-corrected chi connectivity index (χ4v) is 3.40. The van der Waals surface area contributed by atoms with Crippen molar-refractivity contribution < 1.29 is 9.84 Å². The van der Waals surface area contributed by atoms with E-state index in [1.807, 2.05) is 24.3 Å². The third-order valence-electron chi connectivity index (χ3n) is 3.39. The minimum Gasteiger partial charge on any atom is -0.506 e. The number of aromatic nitrogens is 3. The molecular formula is C17H12Br2ClN3O2. The van der Waals surface area contributed by atoms with Crippen molar-refractivity contribution in [3.8, 4) is 23.0 Å². The van der Waals surface area contributed by atoms with E-state index in [-0.39, 0.29) is 11.8 Å². The van der Waals surface area contributed by atoms with Crippen LogP contribution in [0.5, 0.6) is 11.8 Å². The molecule has 1 aromatic heterocycles. The van der Waals surface area contributed by atoms with Crippen LogP contribution in [0.3, 0.4) is 0 Å². The second kappa shape index (κ2) is 8.12. The van der Waals surface area contributed by atoms with Gasteiger partial charge in [0.15, 0.2) is 0 Å². The van der Waals surface area contributed by atoms with Crippen molar-refractivity contribution in [2.75, 3.05) is 6.61 Å². The smallest absolute Gasteiger partial charge is 0.335 e. The van der Waals surface area contributed by atoms with E-state index in [1.165, 1.54) is 0 Å². The number of phenols is 1. The number of halogens is 3. The van der Waals surface area contributed by atoms with Gasteiger partial charge in [-0.15, -0.1) is 5.10 Å². The summed E-state index contributed by atoms with van der Waals surface area (Å²) < 4.78 is 6.64. The van der Waals surface area contributed by atoms with Crippen molar-refractivity contribution in [3.05, 3.63) is 62.1 Å². The van der Waals surface area contributed by atoms with Crippen molar-refractivity contribution in [3.63, 3.8) is 0 Å². The van der Waals surface area contributed by atoms with E-state index in [4.69, 9.17) is 16.3 Å². The van der Waals surface area contributed by atoms with Crippen molar-refractivity contribution >= 4 is 43.5 Å². The van der Waals surface area contributed by atoms with Gasteiger partial charge in [-0.1, -0.05) is 28.8 Å². The third-order valence-corrected chi connectivity index (χ3v) is 4.85. The number of aromatic hydroxyl groups is 1. The first-order valence-electron chi connectivity index (χ1n) is 7.28. The number of rotatable bonds is 5. The van der Waals surface area contributed by atoms with Gasteiger partial charge in [-0.3, -0.25) is 0 Å². The Balaban J connectivity index is 1.63. The Kier molecular flexibility index (Phi) is 5.88. The van der Waals surface area contributed by atoms with Gasteiger partial charge in [0.05, 0.1) is 21.7 Å². The molecule has 0 fully saturated rings. The molecule has 5 nitrogen and oxygen atoms in total. The Morgan fingerprint density at radius 2 is 1.72 bits per heavy atom. The van der Waals surface area contributed by atoms with Gasteiger partial charge in [-0.2, -0.15) is 0 Å². The highest BCUT2D eigenvalue weighted by Crippen LogP contribution is 2.36. The summed E-state index contributed by atoms with van der Waals surface area (Å²) in [6, 6.07) is 11.3. The molecule has 0 bridgehead atoms. The minimum atomic E-state index is 0.131. The molecule has 1 N–H and O–H groups in total. The molecule has 0 aliphatic carbocycles. The largest absolute Gasteiger partial charge is 0.506 e. The van der Waals surface area contributed by atoms with Gasteiger partial charge in [-0.05, 0) is 61.7 Å². The van der Waals surface area contributed by atoms with Crippen LogP contribution in [0.15, 0.2) is 51.5 Å². The van der Waals surface area contributed by atoms with Crippen LogP contribution >= 0.6 is 43.5 Å². The van der Waals surface area contributed by atoms with Crippen LogP contribution in [-0.2, 0) is 6.42 Å². The number of ether oxygens (including phenoxy) is 1. The van der Waals surface area contributed by atoms with E-state index < -0.39 is 0 Å². The van der Waals surface area contributed by atoms with E-state index in [1.54, 1.807) is 18.3 Å². The Hall–Kier alpha value is -1.70. The number of hydrogen-bond donors (Lipinski definition) is 1. The lowest BCUT2D eigenvalue weighted by Gasteiger charge is -2.06. The predicted octanol–water partition coefficient (Wildman–Crippen LogP) is 5.04. The zero-order chi connectivity index (χ0) is 17.8. The van der Waals surface area contributed by atoms with Crippen molar-refractivity contribution in [2.24, 2.45) is 0 Å². The molecule has 25 heavy (non-hydrogen) atoms. The highest BCUT2D eigenvalue weighted by atomic mass is 79.9. The molecule has 0 atom stereocenters. The van der Waals surface area contributed by atoms with E-state index in [0.717, 1.165) is 17.5 Å². The van der Waals surface area contributed by atoms with Gasteiger partial charge in [0, 0.05) is 17.0 Å². The molecule has 1 heterocycles. The zero-order valence-corrected chi connectivity index (χ0v) is 16.7. The molecule has 3 rings (SSSR count). The molecule has 0 unspecified atom stereocenters. The molecule has 0 aliphatic rings. The highest BCUT2D eigenvalue weighted by Gasteiger charge is 2.10. The second-order valence-corrected chi connectivity index (χ2v) is 7.28. The lowest BCUT2D eigenvalue weighted by atomic mass is 10.1. The molecule has 3 aromatic rings. The summed E-state index contributed by atoms with van der Waals surface area (Å²) in [7, 11) is 0. The highest BCUT2D eigenvalue weighted by molar-refractivity contribution is 9.11. The third kappa shape index (κ3) is 4.68. The molecule has 0 radical (unpaired) electrons. The standard InChI is InChI=1S/C17H12Br2ClN3O2/c18-13-7-11(8-14(19)16(13)24)15-9-21-17(23-22-15)25-6-5-10-1-3-12(20)4-2-10/h1-4,7-9,24H,5-6H2. The lowest BCUT2D eigenvalue weighted by molar-refractivity contribution is 0.292. The van der Waals surface area contributed by atoms with Crippen molar-refractivity contribution in [2.45, 2.75) is 6.42 Å². The number of hydrogen-bond acceptors (Lipinski definition) is 5. The first-order valence-corrected chi connectivity index (χ1v) is 9.24. The van der Waals surface area contributed by atoms with Crippen LogP contribution in [0.1, 0.15) is 5.56 Å². The molecule has 8 heteroatoms. The summed E-state index contributed by atoms with van der Waals surface area (Å²) >= 11 is 12.4. The Bertz CT molecular complexity index is 851. The summed E-state index contributed by atoms with van der Waals surface area (Å²) in [4.78, 5) is 4.17. The molecule has 128 valence electrons. The first kappa shape index (κ1) is 18.1. The summed E-state index contributed by atoms with van der Waals surface area (Å²) in [5, 5.41) is 18.6. The molecule has 0 spiro atoms. The number of benzene rings is 2. The maximum atomic E-state index is 9.76. The lowest BCUT2D eigenvalue weighted by Crippen LogP contribution is -2.05. The average Bonchev–Trinajstić information content (AvgIpc) is 2.61. The van der Waals surface area contributed by atoms with Crippen LogP contribution in [0.25, 0.3) is 11.3 Å². The number of nitrogens with zero attached hydrogens (tertiary/aromatic N) is 3. The molecule has 0 aliphatic heterocycles. The number of phenolic OH excluding ortho intramolecular Hbond substituents is 1.